The second-order valence-electron chi connectivity index (χ2n) is 3.74. The molecule has 2 atom stereocenters. The van der Waals surface area contributed by atoms with E-state index < -0.39 is 0 Å². The van der Waals surface area contributed by atoms with E-state index in [0.717, 1.165) is 18.7 Å². The summed E-state index contributed by atoms with van der Waals surface area (Å²) in [7, 11) is 0. The minimum absolute atomic E-state index is 0.191. The molecule has 4 heteroatoms. The highest BCUT2D eigenvalue weighted by atomic mass is 79.9. The van der Waals surface area contributed by atoms with Crippen molar-refractivity contribution in [1.29, 1.82) is 0 Å². The number of rotatable bonds is 2. The molecule has 1 aromatic rings. The zero-order chi connectivity index (χ0) is 10.8. The Morgan fingerprint density at radius 2 is 2.33 bits per heavy atom. The summed E-state index contributed by atoms with van der Waals surface area (Å²) in [5.41, 5.74) is 0.804. The first-order valence-electron chi connectivity index (χ1n) is 5.00. The Morgan fingerprint density at radius 1 is 1.53 bits per heavy atom. The van der Waals surface area contributed by atoms with E-state index in [1.54, 1.807) is 6.07 Å². The van der Waals surface area contributed by atoms with Crippen LogP contribution in [0, 0.1) is 5.82 Å². The fourth-order valence-corrected chi connectivity index (χ4v) is 1.97. The minimum Gasteiger partial charge on any atom is -0.380 e. The molecule has 15 heavy (non-hydrogen) atoms. The molecule has 0 aliphatic carbocycles. The summed E-state index contributed by atoms with van der Waals surface area (Å²) >= 11 is 3.13. The van der Waals surface area contributed by atoms with Gasteiger partial charge in [-0.3, -0.25) is 0 Å². The van der Waals surface area contributed by atoms with E-state index in [2.05, 4.69) is 21.2 Å². The lowest BCUT2D eigenvalue weighted by molar-refractivity contribution is 0.121. The molecule has 0 spiro atoms. The fourth-order valence-electron chi connectivity index (χ4n) is 1.72. The minimum atomic E-state index is -0.244. The molecular formula is C11H13BrFNO. The summed E-state index contributed by atoms with van der Waals surface area (Å²) in [5.74, 6) is -0.244. The van der Waals surface area contributed by atoms with Crippen molar-refractivity contribution >= 4 is 21.6 Å². The van der Waals surface area contributed by atoms with Crippen molar-refractivity contribution in [3.05, 3.63) is 28.5 Å². The first-order valence-corrected chi connectivity index (χ1v) is 5.79. The van der Waals surface area contributed by atoms with Crippen molar-refractivity contribution in [2.75, 3.05) is 11.9 Å². The summed E-state index contributed by atoms with van der Waals surface area (Å²) in [5, 5.41) is 3.27. The van der Waals surface area contributed by atoms with Gasteiger partial charge in [-0.1, -0.05) is 0 Å². The number of benzene rings is 1. The Bertz CT molecular complexity index is 358. The lowest BCUT2D eigenvalue weighted by Crippen LogP contribution is -2.26. The molecule has 82 valence electrons. The van der Waals surface area contributed by atoms with Crippen LogP contribution in [0.25, 0.3) is 0 Å². The van der Waals surface area contributed by atoms with E-state index in [1.165, 1.54) is 6.07 Å². The molecule has 1 heterocycles. The Labute approximate surface area is 96.9 Å². The predicted molar refractivity (Wildman–Crippen MR) is 61.5 cm³/mol. The smallest absolute Gasteiger partial charge is 0.139 e. The number of ether oxygens (including phenoxy) is 1. The van der Waals surface area contributed by atoms with Gasteiger partial charge >= 0.3 is 0 Å². The van der Waals surface area contributed by atoms with Crippen molar-refractivity contribution < 1.29 is 9.13 Å². The van der Waals surface area contributed by atoms with Crippen molar-refractivity contribution in [3.8, 4) is 0 Å². The van der Waals surface area contributed by atoms with Gasteiger partial charge in [-0.25, -0.2) is 4.39 Å². The van der Waals surface area contributed by atoms with Crippen molar-refractivity contribution in [1.82, 2.24) is 0 Å². The zero-order valence-corrected chi connectivity index (χ0v) is 10.1. The molecule has 0 aromatic heterocycles. The van der Waals surface area contributed by atoms with Gasteiger partial charge in [0, 0.05) is 12.3 Å². The van der Waals surface area contributed by atoms with Gasteiger partial charge in [0.15, 0.2) is 0 Å². The molecule has 0 amide bonds. The van der Waals surface area contributed by atoms with Gasteiger partial charge in [-0.05, 0) is 47.5 Å². The number of nitrogens with one attached hydrogen (secondary N) is 1. The van der Waals surface area contributed by atoms with E-state index in [0.29, 0.717) is 4.47 Å². The first-order chi connectivity index (χ1) is 7.16. The molecule has 0 bridgehead atoms. The zero-order valence-electron chi connectivity index (χ0n) is 8.47. The van der Waals surface area contributed by atoms with Gasteiger partial charge in [0.05, 0.1) is 16.6 Å². The van der Waals surface area contributed by atoms with Crippen LogP contribution in [0.5, 0.6) is 0 Å². The van der Waals surface area contributed by atoms with Crippen LogP contribution < -0.4 is 5.32 Å². The molecule has 2 rings (SSSR count). The fraction of sp³-hybridized carbons (Fsp3) is 0.455. The van der Waals surface area contributed by atoms with Crippen molar-refractivity contribution in [2.45, 2.75) is 25.5 Å². The number of anilines is 1. The Kier molecular flexibility index (Phi) is 3.26. The van der Waals surface area contributed by atoms with Crippen LogP contribution in [0.1, 0.15) is 13.3 Å². The van der Waals surface area contributed by atoms with Crippen molar-refractivity contribution in [2.24, 2.45) is 0 Å². The highest BCUT2D eigenvalue weighted by Crippen LogP contribution is 2.22. The van der Waals surface area contributed by atoms with Gasteiger partial charge in [0.1, 0.15) is 5.82 Å². The lowest BCUT2D eigenvalue weighted by atomic mass is 10.1. The molecule has 2 unspecified atom stereocenters. The second-order valence-corrected chi connectivity index (χ2v) is 4.60. The highest BCUT2D eigenvalue weighted by Gasteiger charge is 2.23. The lowest BCUT2D eigenvalue weighted by Gasteiger charge is -2.17. The third-order valence-electron chi connectivity index (χ3n) is 2.65. The average Bonchev–Trinajstić information content (AvgIpc) is 2.59. The molecule has 1 aliphatic heterocycles. The quantitative estimate of drug-likeness (QED) is 0.894. The summed E-state index contributed by atoms with van der Waals surface area (Å²) in [6.45, 7) is 2.80. The molecule has 0 radical (unpaired) electrons. The molecule has 1 N–H and O–H groups in total. The van der Waals surface area contributed by atoms with Crippen LogP contribution in [0.2, 0.25) is 0 Å². The monoisotopic (exact) mass is 273 g/mol. The SMILES string of the molecule is CC1OCCC1Nc1ccc(Br)c(F)c1. The summed E-state index contributed by atoms with van der Waals surface area (Å²) in [6.07, 6.45) is 1.16. The predicted octanol–water partition coefficient (Wildman–Crippen LogP) is 3.18. The first kappa shape index (κ1) is 10.9. The molecule has 1 saturated heterocycles. The van der Waals surface area contributed by atoms with Crippen LogP contribution in [-0.4, -0.2) is 18.8 Å². The molecular weight excluding hydrogens is 261 g/mol. The molecule has 1 fully saturated rings. The van der Waals surface area contributed by atoms with Crippen molar-refractivity contribution in [3.63, 3.8) is 0 Å². The van der Waals surface area contributed by atoms with E-state index in [-0.39, 0.29) is 18.0 Å². The molecule has 0 saturated carbocycles. The normalized spacial score (nSPS) is 25.5. The second kappa shape index (κ2) is 4.49. The van der Waals surface area contributed by atoms with Crippen LogP contribution in [0.15, 0.2) is 22.7 Å². The molecule has 2 nitrogen and oxygen atoms in total. The van der Waals surface area contributed by atoms with Crippen LogP contribution in [0.4, 0.5) is 10.1 Å². The summed E-state index contributed by atoms with van der Waals surface area (Å²) in [4.78, 5) is 0. The van der Waals surface area contributed by atoms with Gasteiger partial charge in [0.25, 0.3) is 0 Å². The third-order valence-corrected chi connectivity index (χ3v) is 3.29. The summed E-state index contributed by atoms with van der Waals surface area (Å²) in [6, 6.07) is 5.34. The van der Waals surface area contributed by atoms with E-state index in [4.69, 9.17) is 4.74 Å². The number of hydrogen-bond donors (Lipinski definition) is 1. The van der Waals surface area contributed by atoms with E-state index in [9.17, 15) is 4.39 Å². The Balaban J connectivity index is 2.07. The maximum absolute atomic E-state index is 13.2. The topological polar surface area (TPSA) is 21.3 Å². The number of halogens is 2. The van der Waals surface area contributed by atoms with Gasteiger partial charge in [-0.2, -0.15) is 0 Å². The van der Waals surface area contributed by atoms with E-state index in [1.807, 2.05) is 13.0 Å². The van der Waals surface area contributed by atoms with Gasteiger partial charge in [0.2, 0.25) is 0 Å². The van der Waals surface area contributed by atoms with E-state index >= 15 is 0 Å². The standard InChI is InChI=1S/C11H13BrFNO/c1-7-11(4-5-15-7)14-8-2-3-9(12)10(13)6-8/h2-3,6-7,11,14H,4-5H2,1H3. The van der Waals surface area contributed by atoms with Gasteiger partial charge in [-0.15, -0.1) is 0 Å². The maximum Gasteiger partial charge on any atom is 0.139 e. The number of hydrogen-bond acceptors (Lipinski definition) is 2. The van der Waals surface area contributed by atoms with Gasteiger partial charge < -0.3 is 10.1 Å². The Morgan fingerprint density at radius 3 is 2.93 bits per heavy atom. The van der Waals surface area contributed by atoms with Crippen LogP contribution in [-0.2, 0) is 4.74 Å². The summed E-state index contributed by atoms with van der Waals surface area (Å²) < 4.78 is 19.1. The third kappa shape index (κ3) is 2.49. The molecule has 1 aliphatic rings. The maximum atomic E-state index is 13.2. The van der Waals surface area contributed by atoms with Crippen LogP contribution >= 0.6 is 15.9 Å². The average molecular weight is 274 g/mol. The molecule has 1 aromatic carbocycles. The largest absolute Gasteiger partial charge is 0.380 e. The highest BCUT2D eigenvalue weighted by molar-refractivity contribution is 9.10. The Hall–Kier alpha value is -0.610. The van der Waals surface area contributed by atoms with Crippen LogP contribution in [0.3, 0.4) is 0 Å².